The molecule has 1 aromatic carbocycles. The first-order valence-corrected chi connectivity index (χ1v) is 6.90. The summed E-state index contributed by atoms with van der Waals surface area (Å²) in [7, 11) is 0. The number of aromatic nitrogens is 3. The Morgan fingerprint density at radius 1 is 1.24 bits per heavy atom. The summed E-state index contributed by atoms with van der Waals surface area (Å²) in [6.45, 7) is 5.23. The monoisotopic (exact) mass is 283 g/mol. The minimum absolute atomic E-state index is 0.292. The van der Waals surface area contributed by atoms with Crippen LogP contribution in [0.5, 0.6) is 6.01 Å². The third-order valence-corrected chi connectivity index (χ3v) is 2.63. The van der Waals surface area contributed by atoms with Gasteiger partial charge in [0.1, 0.15) is 0 Å². The van der Waals surface area contributed by atoms with E-state index in [1.54, 1.807) is 18.2 Å². The molecule has 0 amide bonds. The van der Waals surface area contributed by atoms with E-state index >= 15 is 0 Å². The second kappa shape index (κ2) is 7.20. The first-order valence-electron chi connectivity index (χ1n) is 6.90. The Morgan fingerprint density at radius 2 is 2.10 bits per heavy atom. The van der Waals surface area contributed by atoms with Gasteiger partial charge in [-0.15, -0.1) is 0 Å². The second-order valence-corrected chi connectivity index (χ2v) is 4.34. The van der Waals surface area contributed by atoms with E-state index in [9.17, 15) is 0 Å². The average molecular weight is 283 g/mol. The van der Waals surface area contributed by atoms with E-state index in [1.807, 2.05) is 19.9 Å². The molecule has 1 heterocycles. The molecule has 1 aromatic heterocycles. The number of rotatable bonds is 6. The summed E-state index contributed by atoms with van der Waals surface area (Å²) in [6, 6.07) is 9.54. The number of anilines is 1. The lowest BCUT2D eigenvalue weighted by atomic mass is 10.1. The van der Waals surface area contributed by atoms with Gasteiger partial charge in [-0.2, -0.15) is 20.2 Å². The smallest absolute Gasteiger partial charge is 0.321 e. The molecule has 0 saturated heterocycles. The summed E-state index contributed by atoms with van der Waals surface area (Å²) in [5.74, 6) is 0.958. The lowest BCUT2D eigenvalue weighted by Crippen LogP contribution is -2.08. The van der Waals surface area contributed by atoms with E-state index in [2.05, 4.69) is 26.3 Å². The number of hydrogen-bond acceptors (Lipinski definition) is 6. The number of nitrogens with one attached hydrogen (secondary N) is 1. The summed E-state index contributed by atoms with van der Waals surface area (Å²) < 4.78 is 5.49. The fraction of sp³-hybridized carbons (Fsp3) is 0.333. The highest BCUT2D eigenvalue weighted by atomic mass is 16.5. The van der Waals surface area contributed by atoms with Crippen molar-refractivity contribution < 1.29 is 4.74 Å². The van der Waals surface area contributed by atoms with Gasteiger partial charge in [-0.1, -0.05) is 19.1 Å². The number of nitriles is 1. The Labute approximate surface area is 123 Å². The van der Waals surface area contributed by atoms with Crippen LogP contribution < -0.4 is 10.1 Å². The molecule has 1 N–H and O–H groups in total. The molecule has 21 heavy (non-hydrogen) atoms. The van der Waals surface area contributed by atoms with E-state index in [0.29, 0.717) is 36.5 Å². The van der Waals surface area contributed by atoms with Crippen molar-refractivity contribution in [2.45, 2.75) is 20.3 Å². The van der Waals surface area contributed by atoms with E-state index in [-0.39, 0.29) is 0 Å². The first-order chi connectivity index (χ1) is 10.3. The molecular formula is C15H17N5O. The van der Waals surface area contributed by atoms with Crippen LogP contribution in [0, 0.1) is 11.3 Å². The lowest BCUT2D eigenvalue weighted by Gasteiger charge is -2.08. The standard InChI is InChI=1S/C15H17N5O/c1-3-8-21-15-19-13(18-14(20-15)17-4-2)12-7-5-6-11(9-12)10-16/h5-7,9H,3-4,8H2,1-2H3,(H,17,18,19,20). The van der Waals surface area contributed by atoms with Gasteiger partial charge in [0, 0.05) is 12.1 Å². The van der Waals surface area contributed by atoms with E-state index in [0.717, 1.165) is 12.0 Å². The molecule has 6 heteroatoms. The molecule has 2 rings (SSSR count). The van der Waals surface area contributed by atoms with Gasteiger partial charge in [-0.3, -0.25) is 0 Å². The Kier molecular flexibility index (Phi) is 5.04. The SMILES string of the molecule is CCCOc1nc(NCC)nc(-c2cccc(C#N)c2)n1. The van der Waals surface area contributed by atoms with E-state index < -0.39 is 0 Å². The molecular weight excluding hydrogens is 266 g/mol. The van der Waals surface area contributed by atoms with Gasteiger partial charge in [-0.05, 0) is 25.5 Å². The van der Waals surface area contributed by atoms with Crippen LogP contribution >= 0.6 is 0 Å². The summed E-state index contributed by atoms with van der Waals surface area (Å²) in [5, 5.41) is 12.0. The van der Waals surface area contributed by atoms with Crippen molar-refractivity contribution in [2.75, 3.05) is 18.5 Å². The lowest BCUT2D eigenvalue weighted by molar-refractivity contribution is 0.292. The summed E-state index contributed by atoms with van der Waals surface area (Å²) in [6.07, 6.45) is 0.876. The maximum atomic E-state index is 8.98. The van der Waals surface area contributed by atoms with Crippen LogP contribution in [0.2, 0.25) is 0 Å². The van der Waals surface area contributed by atoms with Gasteiger partial charge >= 0.3 is 6.01 Å². The molecule has 108 valence electrons. The van der Waals surface area contributed by atoms with Crippen molar-refractivity contribution in [2.24, 2.45) is 0 Å². The Bertz CT molecular complexity index is 651. The van der Waals surface area contributed by atoms with Crippen molar-refractivity contribution in [3.63, 3.8) is 0 Å². The van der Waals surface area contributed by atoms with Crippen LogP contribution in [0.1, 0.15) is 25.8 Å². The third kappa shape index (κ3) is 3.89. The molecule has 0 radical (unpaired) electrons. The number of benzene rings is 1. The first kappa shape index (κ1) is 14.7. The topological polar surface area (TPSA) is 83.7 Å². The van der Waals surface area contributed by atoms with Crippen LogP contribution in [0.3, 0.4) is 0 Å². The molecule has 0 unspecified atom stereocenters. The Morgan fingerprint density at radius 3 is 2.81 bits per heavy atom. The fourth-order valence-electron chi connectivity index (χ4n) is 1.71. The quantitative estimate of drug-likeness (QED) is 0.877. The van der Waals surface area contributed by atoms with E-state index in [1.165, 1.54) is 0 Å². The molecule has 0 atom stereocenters. The largest absolute Gasteiger partial charge is 0.463 e. The molecule has 2 aromatic rings. The molecule has 0 aliphatic heterocycles. The second-order valence-electron chi connectivity index (χ2n) is 4.34. The highest BCUT2D eigenvalue weighted by Crippen LogP contribution is 2.20. The number of ether oxygens (including phenoxy) is 1. The molecule has 0 bridgehead atoms. The zero-order valence-corrected chi connectivity index (χ0v) is 12.1. The van der Waals surface area contributed by atoms with Gasteiger partial charge in [-0.25, -0.2) is 0 Å². The summed E-state index contributed by atoms with van der Waals surface area (Å²) in [5.41, 5.74) is 1.32. The van der Waals surface area contributed by atoms with Crippen LogP contribution in [0.15, 0.2) is 24.3 Å². The third-order valence-electron chi connectivity index (χ3n) is 2.63. The summed E-state index contributed by atoms with van der Waals surface area (Å²) in [4.78, 5) is 12.9. The molecule has 0 spiro atoms. The van der Waals surface area contributed by atoms with Gasteiger partial charge in [0.25, 0.3) is 0 Å². The Hall–Kier alpha value is -2.68. The van der Waals surface area contributed by atoms with Crippen molar-refractivity contribution in [1.29, 1.82) is 5.26 Å². The maximum Gasteiger partial charge on any atom is 0.321 e. The van der Waals surface area contributed by atoms with Gasteiger partial charge in [0.2, 0.25) is 5.95 Å². The average Bonchev–Trinajstić information content (AvgIpc) is 2.53. The number of hydrogen-bond donors (Lipinski definition) is 1. The molecule has 0 aliphatic rings. The maximum absolute atomic E-state index is 8.98. The zero-order valence-electron chi connectivity index (χ0n) is 12.1. The fourth-order valence-corrected chi connectivity index (χ4v) is 1.71. The van der Waals surface area contributed by atoms with Crippen LogP contribution in [0.4, 0.5) is 5.95 Å². The summed E-state index contributed by atoms with van der Waals surface area (Å²) >= 11 is 0. The van der Waals surface area contributed by atoms with Gasteiger partial charge in [0.05, 0.1) is 18.2 Å². The van der Waals surface area contributed by atoms with Crippen molar-refractivity contribution in [3.8, 4) is 23.5 Å². The Balaban J connectivity index is 2.40. The predicted molar refractivity (Wildman–Crippen MR) is 79.9 cm³/mol. The highest BCUT2D eigenvalue weighted by Gasteiger charge is 2.09. The number of nitrogens with zero attached hydrogens (tertiary/aromatic N) is 4. The van der Waals surface area contributed by atoms with Gasteiger partial charge in [0.15, 0.2) is 5.82 Å². The van der Waals surface area contributed by atoms with Crippen LogP contribution in [-0.4, -0.2) is 28.1 Å². The molecule has 6 nitrogen and oxygen atoms in total. The molecule has 0 fully saturated rings. The van der Waals surface area contributed by atoms with Crippen molar-refractivity contribution >= 4 is 5.95 Å². The molecule has 0 saturated carbocycles. The normalized spacial score (nSPS) is 9.95. The van der Waals surface area contributed by atoms with Crippen molar-refractivity contribution in [3.05, 3.63) is 29.8 Å². The minimum Gasteiger partial charge on any atom is -0.463 e. The molecule has 0 aliphatic carbocycles. The van der Waals surface area contributed by atoms with E-state index in [4.69, 9.17) is 10.00 Å². The van der Waals surface area contributed by atoms with Crippen LogP contribution in [0.25, 0.3) is 11.4 Å². The van der Waals surface area contributed by atoms with Gasteiger partial charge < -0.3 is 10.1 Å². The zero-order chi connectivity index (χ0) is 15.1. The predicted octanol–water partition coefficient (Wildman–Crippen LogP) is 2.63. The minimum atomic E-state index is 0.292. The highest BCUT2D eigenvalue weighted by molar-refractivity contribution is 5.59. The van der Waals surface area contributed by atoms with Crippen LogP contribution in [-0.2, 0) is 0 Å². The van der Waals surface area contributed by atoms with Crippen molar-refractivity contribution in [1.82, 2.24) is 15.0 Å².